The summed E-state index contributed by atoms with van der Waals surface area (Å²) in [5.41, 5.74) is 5.60. The minimum atomic E-state index is -0.806. The summed E-state index contributed by atoms with van der Waals surface area (Å²) in [6, 6.07) is 4.36. The Balaban J connectivity index is 3.03. The highest BCUT2D eigenvalue weighted by Gasteiger charge is 2.24. The summed E-state index contributed by atoms with van der Waals surface area (Å²) in [6.45, 7) is 3.43. The molecule has 0 radical (unpaired) electrons. The molecule has 0 bridgehead atoms. The minimum Gasteiger partial charge on any atom is -0.387 e. The maximum atomic E-state index is 12.9. The second kappa shape index (κ2) is 3.96. The number of nitrogens with two attached hydrogens (primary N) is 1. The van der Waals surface area contributed by atoms with Crippen molar-refractivity contribution < 1.29 is 9.50 Å². The van der Waals surface area contributed by atoms with Gasteiger partial charge in [0.2, 0.25) is 0 Å². The third kappa shape index (κ3) is 2.53. The van der Waals surface area contributed by atoms with Crippen LogP contribution in [0, 0.1) is 5.82 Å². The zero-order valence-corrected chi connectivity index (χ0v) is 9.68. The summed E-state index contributed by atoms with van der Waals surface area (Å²) < 4.78 is 13.2. The zero-order chi connectivity index (χ0) is 10.9. The largest absolute Gasteiger partial charge is 0.387 e. The lowest BCUT2D eigenvalue weighted by Crippen LogP contribution is -2.39. The lowest BCUT2D eigenvalue weighted by molar-refractivity contribution is 0.104. The highest BCUT2D eigenvalue weighted by atomic mass is 79.9. The molecule has 2 nitrogen and oxygen atoms in total. The average molecular weight is 262 g/mol. The van der Waals surface area contributed by atoms with Crippen LogP contribution in [0.15, 0.2) is 22.7 Å². The van der Waals surface area contributed by atoms with Gasteiger partial charge in [0.25, 0.3) is 0 Å². The first-order chi connectivity index (χ1) is 6.32. The molecule has 0 heterocycles. The molecule has 1 atom stereocenters. The van der Waals surface area contributed by atoms with Crippen molar-refractivity contribution in [2.45, 2.75) is 25.5 Å². The van der Waals surface area contributed by atoms with Crippen molar-refractivity contribution in [3.8, 4) is 0 Å². The zero-order valence-electron chi connectivity index (χ0n) is 8.09. The van der Waals surface area contributed by atoms with Gasteiger partial charge in [-0.2, -0.15) is 0 Å². The monoisotopic (exact) mass is 261 g/mol. The summed E-state index contributed by atoms with van der Waals surface area (Å²) in [7, 11) is 0. The Morgan fingerprint density at radius 2 is 2.07 bits per heavy atom. The van der Waals surface area contributed by atoms with Crippen LogP contribution in [-0.4, -0.2) is 10.6 Å². The molecule has 0 saturated carbocycles. The van der Waals surface area contributed by atoms with Crippen LogP contribution in [0.3, 0.4) is 0 Å². The van der Waals surface area contributed by atoms with Crippen LogP contribution in [-0.2, 0) is 0 Å². The Bertz CT molecular complexity index is 335. The van der Waals surface area contributed by atoms with Crippen LogP contribution in [0.5, 0.6) is 0 Å². The predicted octanol–water partition coefficient (Wildman–Crippen LogP) is 2.36. The molecule has 0 spiro atoms. The standard InChI is InChI=1S/C10H13BrFNO/c1-10(2,13)9(14)6-3-4-8(12)7(11)5-6/h3-5,9,14H,13H2,1-2H3. The van der Waals surface area contributed by atoms with Gasteiger partial charge in [0, 0.05) is 5.54 Å². The topological polar surface area (TPSA) is 46.2 Å². The van der Waals surface area contributed by atoms with Crippen molar-refractivity contribution in [1.29, 1.82) is 0 Å². The number of hydrogen-bond donors (Lipinski definition) is 2. The van der Waals surface area contributed by atoms with Crippen LogP contribution in [0.4, 0.5) is 4.39 Å². The van der Waals surface area contributed by atoms with E-state index in [2.05, 4.69) is 15.9 Å². The fourth-order valence-electron chi connectivity index (χ4n) is 1.11. The highest BCUT2D eigenvalue weighted by Crippen LogP contribution is 2.26. The van der Waals surface area contributed by atoms with E-state index in [0.717, 1.165) is 0 Å². The molecule has 0 fully saturated rings. The van der Waals surface area contributed by atoms with E-state index in [4.69, 9.17) is 5.73 Å². The molecule has 1 unspecified atom stereocenters. The van der Waals surface area contributed by atoms with E-state index in [1.165, 1.54) is 18.2 Å². The molecule has 0 saturated heterocycles. The van der Waals surface area contributed by atoms with Gasteiger partial charge in [-0.3, -0.25) is 0 Å². The first kappa shape index (κ1) is 11.6. The maximum absolute atomic E-state index is 12.9. The van der Waals surface area contributed by atoms with Crippen LogP contribution in [0.25, 0.3) is 0 Å². The third-order valence-corrected chi connectivity index (χ3v) is 2.57. The molecule has 1 aromatic rings. The molecule has 14 heavy (non-hydrogen) atoms. The van der Waals surface area contributed by atoms with Crippen molar-refractivity contribution in [3.05, 3.63) is 34.1 Å². The summed E-state index contributed by atoms with van der Waals surface area (Å²) in [5.74, 6) is -0.351. The molecular formula is C10H13BrFNO. The summed E-state index contributed by atoms with van der Waals surface area (Å²) >= 11 is 3.05. The van der Waals surface area contributed by atoms with E-state index in [1.54, 1.807) is 13.8 Å². The van der Waals surface area contributed by atoms with Crippen molar-refractivity contribution in [3.63, 3.8) is 0 Å². The molecule has 0 amide bonds. The summed E-state index contributed by atoms with van der Waals surface area (Å²) in [4.78, 5) is 0. The predicted molar refractivity (Wildman–Crippen MR) is 57.3 cm³/mol. The number of aliphatic hydroxyl groups excluding tert-OH is 1. The third-order valence-electron chi connectivity index (χ3n) is 1.96. The lowest BCUT2D eigenvalue weighted by atomic mass is 9.92. The van der Waals surface area contributed by atoms with Gasteiger partial charge in [-0.1, -0.05) is 6.07 Å². The Morgan fingerprint density at radius 3 is 2.50 bits per heavy atom. The first-order valence-electron chi connectivity index (χ1n) is 4.24. The molecule has 0 aromatic heterocycles. The molecule has 0 aliphatic heterocycles. The second-order valence-corrected chi connectivity index (χ2v) is 4.75. The second-order valence-electron chi connectivity index (χ2n) is 3.90. The number of hydrogen-bond acceptors (Lipinski definition) is 2. The van der Waals surface area contributed by atoms with Gasteiger partial charge in [-0.05, 0) is 47.5 Å². The van der Waals surface area contributed by atoms with Crippen LogP contribution in [0.2, 0.25) is 0 Å². The number of aliphatic hydroxyl groups is 1. The van der Waals surface area contributed by atoms with Gasteiger partial charge in [-0.15, -0.1) is 0 Å². The molecule has 3 N–H and O–H groups in total. The van der Waals surface area contributed by atoms with Crippen molar-refractivity contribution in [1.82, 2.24) is 0 Å². The summed E-state index contributed by atoms with van der Waals surface area (Å²) in [6.07, 6.45) is -0.806. The van der Waals surface area contributed by atoms with E-state index in [1.807, 2.05) is 0 Å². The minimum absolute atomic E-state index is 0.332. The van der Waals surface area contributed by atoms with Crippen LogP contribution in [0.1, 0.15) is 25.5 Å². The SMILES string of the molecule is CC(C)(N)C(O)c1ccc(F)c(Br)c1. The Hall–Kier alpha value is -0.450. The molecule has 4 heteroatoms. The summed E-state index contributed by atoms with van der Waals surface area (Å²) in [5, 5.41) is 9.80. The van der Waals surface area contributed by atoms with Gasteiger partial charge < -0.3 is 10.8 Å². The van der Waals surface area contributed by atoms with Crippen LogP contribution < -0.4 is 5.73 Å². The van der Waals surface area contributed by atoms with Gasteiger partial charge >= 0.3 is 0 Å². The maximum Gasteiger partial charge on any atom is 0.137 e. The Labute approximate surface area is 91.1 Å². The Kier molecular flexibility index (Phi) is 3.29. The van der Waals surface area contributed by atoms with E-state index < -0.39 is 11.6 Å². The highest BCUT2D eigenvalue weighted by molar-refractivity contribution is 9.10. The molecule has 0 aliphatic carbocycles. The Morgan fingerprint density at radius 1 is 1.50 bits per heavy atom. The fraction of sp³-hybridized carbons (Fsp3) is 0.400. The van der Waals surface area contributed by atoms with Gasteiger partial charge in [0.15, 0.2) is 0 Å². The average Bonchev–Trinajstić information content (AvgIpc) is 2.07. The lowest BCUT2D eigenvalue weighted by Gasteiger charge is -2.26. The molecule has 1 rings (SSSR count). The number of benzene rings is 1. The number of halogens is 2. The van der Waals surface area contributed by atoms with E-state index in [9.17, 15) is 9.50 Å². The normalized spacial score (nSPS) is 14.1. The van der Waals surface area contributed by atoms with Gasteiger partial charge in [0.1, 0.15) is 5.82 Å². The van der Waals surface area contributed by atoms with E-state index in [0.29, 0.717) is 10.0 Å². The van der Waals surface area contributed by atoms with Crippen molar-refractivity contribution in [2.75, 3.05) is 0 Å². The molecule has 0 aliphatic rings. The fourth-order valence-corrected chi connectivity index (χ4v) is 1.51. The van der Waals surface area contributed by atoms with E-state index in [-0.39, 0.29) is 5.82 Å². The first-order valence-corrected chi connectivity index (χ1v) is 5.03. The van der Waals surface area contributed by atoms with Crippen LogP contribution >= 0.6 is 15.9 Å². The molecule has 1 aromatic carbocycles. The number of rotatable bonds is 2. The van der Waals surface area contributed by atoms with Crippen molar-refractivity contribution >= 4 is 15.9 Å². The quantitative estimate of drug-likeness (QED) is 0.859. The van der Waals surface area contributed by atoms with Gasteiger partial charge in [-0.25, -0.2) is 4.39 Å². The van der Waals surface area contributed by atoms with E-state index >= 15 is 0 Å². The smallest absolute Gasteiger partial charge is 0.137 e. The molecular weight excluding hydrogens is 249 g/mol. The van der Waals surface area contributed by atoms with Gasteiger partial charge in [0.05, 0.1) is 10.6 Å². The van der Waals surface area contributed by atoms with Crippen molar-refractivity contribution in [2.24, 2.45) is 5.73 Å². The molecule has 78 valence electrons.